The van der Waals surface area contributed by atoms with Gasteiger partial charge < -0.3 is 4.74 Å². The van der Waals surface area contributed by atoms with E-state index in [-0.39, 0.29) is 11.3 Å². The van der Waals surface area contributed by atoms with E-state index in [2.05, 4.69) is 31.2 Å². The molecule has 1 aliphatic rings. The van der Waals surface area contributed by atoms with Crippen LogP contribution in [0.3, 0.4) is 0 Å². The van der Waals surface area contributed by atoms with Gasteiger partial charge in [0.2, 0.25) is 0 Å². The molecule has 4 rings (SSSR count). The number of halogens is 3. The normalized spacial score (nSPS) is 19.3. The molecule has 0 amide bonds. The molecule has 1 saturated carbocycles. The Kier molecular flexibility index (Phi) is 6.08. The van der Waals surface area contributed by atoms with Crippen LogP contribution >= 0.6 is 0 Å². The molecule has 4 heteroatoms. The Morgan fingerprint density at radius 2 is 1.39 bits per heavy atom. The van der Waals surface area contributed by atoms with Crippen LogP contribution in [0.4, 0.5) is 13.2 Å². The van der Waals surface area contributed by atoms with Gasteiger partial charge in [0.1, 0.15) is 11.6 Å². The van der Waals surface area contributed by atoms with Gasteiger partial charge in [0.05, 0.1) is 5.56 Å². The molecule has 0 bridgehead atoms. The maximum Gasteiger partial charge on any atom is 0.426 e. The zero-order valence-corrected chi connectivity index (χ0v) is 17.9. The molecule has 162 valence electrons. The first-order valence-corrected chi connectivity index (χ1v) is 10.9. The van der Waals surface area contributed by atoms with Crippen molar-refractivity contribution in [3.63, 3.8) is 0 Å². The van der Waals surface area contributed by atoms with Crippen LogP contribution in [0.1, 0.15) is 55.2 Å². The lowest BCUT2D eigenvalue weighted by molar-refractivity contribution is -0.185. The average molecular weight is 425 g/mol. The molecule has 3 aromatic carbocycles. The number of alkyl halides is 2. The first kappa shape index (κ1) is 21.5. The summed E-state index contributed by atoms with van der Waals surface area (Å²) in [5.41, 5.74) is 3.32. The van der Waals surface area contributed by atoms with Gasteiger partial charge in [-0.1, -0.05) is 62.2 Å². The fourth-order valence-electron chi connectivity index (χ4n) is 4.24. The molecule has 0 N–H and O–H groups in total. The summed E-state index contributed by atoms with van der Waals surface area (Å²) >= 11 is 0. The maximum absolute atomic E-state index is 14.5. The number of benzene rings is 3. The summed E-state index contributed by atoms with van der Waals surface area (Å²) in [6, 6.07) is 18.2. The molecule has 3 aromatic rings. The Hall–Kier alpha value is -2.75. The van der Waals surface area contributed by atoms with Crippen molar-refractivity contribution in [2.75, 3.05) is 0 Å². The summed E-state index contributed by atoms with van der Waals surface area (Å²) < 4.78 is 47.5. The fourth-order valence-corrected chi connectivity index (χ4v) is 4.24. The fraction of sp³-hybridized carbons (Fsp3) is 0.333. The lowest BCUT2D eigenvalue weighted by Crippen LogP contribution is -2.21. The topological polar surface area (TPSA) is 9.23 Å². The molecule has 0 heterocycles. The highest BCUT2D eigenvalue weighted by Gasteiger charge is 2.34. The van der Waals surface area contributed by atoms with E-state index in [0.717, 1.165) is 23.1 Å². The first-order chi connectivity index (χ1) is 14.8. The first-order valence-electron chi connectivity index (χ1n) is 10.9. The van der Waals surface area contributed by atoms with Crippen LogP contribution in [0.5, 0.6) is 5.75 Å². The van der Waals surface area contributed by atoms with E-state index in [1.807, 2.05) is 0 Å². The maximum atomic E-state index is 14.5. The van der Waals surface area contributed by atoms with Gasteiger partial charge in [-0.25, -0.2) is 4.39 Å². The smallest absolute Gasteiger partial charge is 0.426 e. The molecule has 0 saturated heterocycles. The van der Waals surface area contributed by atoms with Crippen molar-refractivity contribution < 1.29 is 17.9 Å². The Bertz CT molecular complexity index is 1020. The summed E-state index contributed by atoms with van der Waals surface area (Å²) in [7, 11) is 0. The Balaban J connectivity index is 1.46. The third-order valence-corrected chi connectivity index (χ3v) is 6.34. The van der Waals surface area contributed by atoms with E-state index in [1.54, 1.807) is 19.1 Å². The Morgan fingerprint density at radius 1 is 0.806 bits per heavy atom. The molecule has 0 atom stereocenters. The average Bonchev–Trinajstić information content (AvgIpc) is 2.77. The third kappa shape index (κ3) is 4.95. The highest BCUT2D eigenvalue weighted by atomic mass is 19.3. The van der Waals surface area contributed by atoms with Gasteiger partial charge >= 0.3 is 6.11 Å². The van der Waals surface area contributed by atoms with Crippen molar-refractivity contribution in [3.8, 4) is 16.9 Å². The molecule has 0 aliphatic heterocycles. The third-order valence-electron chi connectivity index (χ3n) is 6.34. The van der Waals surface area contributed by atoms with Gasteiger partial charge in [0.25, 0.3) is 0 Å². The van der Waals surface area contributed by atoms with E-state index >= 15 is 0 Å². The lowest BCUT2D eigenvalue weighted by Gasteiger charge is -2.26. The van der Waals surface area contributed by atoms with Crippen molar-refractivity contribution >= 4 is 0 Å². The van der Waals surface area contributed by atoms with E-state index in [9.17, 15) is 13.2 Å². The molecule has 0 aromatic heterocycles. The van der Waals surface area contributed by atoms with Crippen LogP contribution in [-0.2, 0) is 6.11 Å². The van der Waals surface area contributed by atoms with Crippen molar-refractivity contribution in [1.82, 2.24) is 0 Å². The second-order valence-electron chi connectivity index (χ2n) is 8.69. The summed E-state index contributed by atoms with van der Waals surface area (Å²) in [6.07, 6.45) is 1.46. The van der Waals surface area contributed by atoms with Crippen LogP contribution in [0.2, 0.25) is 0 Å². The molecule has 1 fully saturated rings. The number of aryl methyl sites for hydroxylation is 1. The number of hydrogen-bond acceptors (Lipinski definition) is 1. The minimum absolute atomic E-state index is 0.204. The quantitative estimate of drug-likeness (QED) is 0.401. The second-order valence-corrected chi connectivity index (χ2v) is 8.69. The molecular formula is C27H27F3O. The van der Waals surface area contributed by atoms with Crippen molar-refractivity contribution in [2.45, 2.75) is 51.6 Å². The van der Waals surface area contributed by atoms with E-state index in [1.165, 1.54) is 55.5 Å². The van der Waals surface area contributed by atoms with Gasteiger partial charge in [-0.2, -0.15) is 8.78 Å². The minimum atomic E-state index is -3.55. The summed E-state index contributed by atoms with van der Waals surface area (Å²) in [5, 5.41) is 0. The van der Waals surface area contributed by atoms with E-state index in [0.29, 0.717) is 11.5 Å². The Labute approximate surface area is 181 Å². The standard InChI is InChI=1S/C27H27F3O/c1-18-3-6-20(7-4-18)21-8-10-22(11-9-21)23-12-14-24(15-13-23)27(29,30)31-25-16-5-19(2)26(28)17-25/h5,8-18,20H,3-4,6-7H2,1-2H3. The highest BCUT2D eigenvalue weighted by molar-refractivity contribution is 5.64. The van der Waals surface area contributed by atoms with Crippen LogP contribution in [0.25, 0.3) is 11.1 Å². The predicted octanol–water partition coefficient (Wildman–Crippen LogP) is 8.22. The number of rotatable bonds is 5. The van der Waals surface area contributed by atoms with Crippen LogP contribution < -0.4 is 4.74 Å². The summed E-state index contributed by atoms with van der Waals surface area (Å²) in [5.74, 6) is 0.663. The zero-order chi connectivity index (χ0) is 22.0. The van der Waals surface area contributed by atoms with Gasteiger partial charge in [0.15, 0.2) is 0 Å². The second kappa shape index (κ2) is 8.78. The van der Waals surface area contributed by atoms with Crippen LogP contribution in [0, 0.1) is 18.7 Å². The molecule has 0 unspecified atom stereocenters. The summed E-state index contributed by atoms with van der Waals surface area (Å²) in [6.45, 7) is 3.88. The molecule has 0 spiro atoms. The molecule has 1 aliphatic carbocycles. The molecule has 31 heavy (non-hydrogen) atoms. The van der Waals surface area contributed by atoms with Gasteiger partial charge in [-0.15, -0.1) is 0 Å². The van der Waals surface area contributed by atoms with Gasteiger partial charge in [0, 0.05) is 6.07 Å². The number of hydrogen-bond donors (Lipinski definition) is 0. The van der Waals surface area contributed by atoms with Crippen molar-refractivity contribution in [1.29, 1.82) is 0 Å². The van der Waals surface area contributed by atoms with E-state index < -0.39 is 11.9 Å². The lowest BCUT2D eigenvalue weighted by atomic mass is 9.79. The highest BCUT2D eigenvalue weighted by Crippen LogP contribution is 2.37. The largest absolute Gasteiger partial charge is 0.429 e. The molecule has 1 nitrogen and oxygen atoms in total. The van der Waals surface area contributed by atoms with Gasteiger partial charge in [-0.05, 0) is 72.1 Å². The van der Waals surface area contributed by atoms with E-state index in [4.69, 9.17) is 4.74 Å². The van der Waals surface area contributed by atoms with Gasteiger partial charge in [-0.3, -0.25) is 0 Å². The monoisotopic (exact) mass is 424 g/mol. The SMILES string of the molecule is Cc1ccc(OC(F)(F)c2ccc(-c3ccc(C4CCC(C)CC4)cc3)cc2)cc1F. The predicted molar refractivity (Wildman–Crippen MR) is 118 cm³/mol. The molecular weight excluding hydrogens is 397 g/mol. The van der Waals surface area contributed by atoms with Crippen molar-refractivity contribution in [2.24, 2.45) is 5.92 Å². The minimum Gasteiger partial charge on any atom is -0.429 e. The van der Waals surface area contributed by atoms with Crippen molar-refractivity contribution in [3.05, 3.63) is 89.2 Å². The molecule has 0 radical (unpaired) electrons. The Morgan fingerprint density at radius 3 is 1.97 bits per heavy atom. The zero-order valence-electron chi connectivity index (χ0n) is 17.9. The van der Waals surface area contributed by atoms with Crippen LogP contribution in [0.15, 0.2) is 66.7 Å². The van der Waals surface area contributed by atoms with Crippen LogP contribution in [-0.4, -0.2) is 0 Å². The number of ether oxygens (including phenoxy) is 1. The summed E-state index contributed by atoms with van der Waals surface area (Å²) in [4.78, 5) is 0.